The summed E-state index contributed by atoms with van der Waals surface area (Å²) < 4.78 is 0. The van der Waals surface area contributed by atoms with E-state index < -0.39 is 0 Å². The Morgan fingerprint density at radius 3 is 2.89 bits per heavy atom. The molecular weight excluding hydrogens is 244 g/mol. The first kappa shape index (κ1) is 11.2. The van der Waals surface area contributed by atoms with Gasteiger partial charge in [-0.25, -0.2) is 0 Å². The Hall–Kier alpha value is -2.89. The highest BCUT2D eigenvalue weighted by molar-refractivity contribution is 6.04. The second-order valence-electron chi connectivity index (χ2n) is 4.07. The van der Waals surface area contributed by atoms with Crippen molar-refractivity contribution in [2.45, 2.75) is 0 Å². The Kier molecular flexibility index (Phi) is 2.60. The molecule has 0 fully saturated rings. The minimum atomic E-state index is -0.282. The van der Waals surface area contributed by atoms with E-state index in [4.69, 9.17) is 0 Å². The van der Waals surface area contributed by atoms with Gasteiger partial charge in [0.2, 0.25) is 5.56 Å². The smallest absolute Gasteiger partial charge is 0.257 e. The molecule has 2 aromatic heterocycles. The summed E-state index contributed by atoms with van der Waals surface area (Å²) in [5.41, 5.74) is 1.66. The van der Waals surface area contributed by atoms with Gasteiger partial charge in [0.1, 0.15) is 0 Å². The van der Waals surface area contributed by atoms with E-state index in [1.807, 2.05) is 6.07 Å². The van der Waals surface area contributed by atoms with E-state index in [0.717, 1.165) is 10.9 Å². The van der Waals surface area contributed by atoms with Gasteiger partial charge in [0.25, 0.3) is 5.91 Å². The molecule has 6 nitrogen and oxygen atoms in total. The number of carbonyl (C=O) groups is 1. The van der Waals surface area contributed by atoms with Crippen molar-refractivity contribution >= 4 is 22.5 Å². The van der Waals surface area contributed by atoms with Crippen LogP contribution in [-0.2, 0) is 0 Å². The molecule has 19 heavy (non-hydrogen) atoms. The number of aromatic nitrogens is 3. The van der Waals surface area contributed by atoms with Crippen molar-refractivity contribution in [1.82, 2.24) is 15.2 Å². The van der Waals surface area contributed by atoms with Crippen molar-refractivity contribution in [3.05, 3.63) is 58.6 Å². The van der Waals surface area contributed by atoms with Crippen LogP contribution in [0.15, 0.2) is 47.5 Å². The number of amides is 1. The molecule has 3 N–H and O–H groups in total. The van der Waals surface area contributed by atoms with Gasteiger partial charge in [-0.3, -0.25) is 14.7 Å². The van der Waals surface area contributed by atoms with E-state index in [-0.39, 0.29) is 11.5 Å². The Morgan fingerprint density at radius 2 is 2.11 bits per heavy atom. The van der Waals surface area contributed by atoms with Crippen molar-refractivity contribution < 1.29 is 4.79 Å². The van der Waals surface area contributed by atoms with Crippen LogP contribution in [-0.4, -0.2) is 21.1 Å². The maximum absolute atomic E-state index is 11.9. The molecule has 0 aliphatic carbocycles. The number of benzene rings is 1. The average Bonchev–Trinajstić information content (AvgIpc) is 2.87. The molecule has 3 aromatic rings. The fraction of sp³-hybridized carbons (Fsp3) is 0. The van der Waals surface area contributed by atoms with Crippen LogP contribution in [0.3, 0.4) is 0 Å². The number of rotatable bonds is 2. The molecule has 0 atom stereocenters. The molecule has 0 unspecified atom stereocenters. The molecule has 1 amide bonds. The summed E-state index contributed by atoms with van der Waals surface area (Å²) in [5.74, 6) is -0.282. The van der Waals surface area contributed by atoms with Gasteiger partial charge in [-0.15, -0.1) is 0 Å². The second-order valence-corrected chi connectivity index (χ2v) is 4.07. The SMILES string of the molecule is O=C(Nc1ccc2cn[nH]c2c1)c1ccc(=O)[nH]c1. The topological polar surface area (TPSA) is 90.6 Å². The van der Waals surface area contributed by atoms with Gasteiger partial charge in [0.05, 0.1) is 17.3 Å². The first-order valence-electron chi connectivity index (χ1n) is 5.65. The van der Waals surface area contributed by atoms with Crippen LogP contribution in [0.4, 0.5) is 5.69 Å². The lowest BCUT2D eigenvalue weighted by molar-refractivity contribution is 0.102. The molecule has 94 valence electrons. The zero-order valence-electron chi connectivity index (χ0n) is 9.81. The van der Waals surface area contributed by atoms with Gasteiger partial charge in [-0.05, 0) is 24.3 Å². The third-order valence-electron chi connectivity index (χ3n) is 2.75. The van der Waals surface area contributed by atoms with Crippen LogP contribution in [0.1, 0.15) is 10.4 Å². The van der Waals surface area contributed by atoms with Gasteiger partial charge in [-0.2, -0.15) is 5.10 Å². The summed E-state index contributed by atoms with van der Waals surface area (Å²) in [6.45, 7) is 0. The fourth-order valence-corrected chi connectivity index (χ4v) is 1.77. The molecule has 0 aliphatic heterocycles. The Bertz CT molecular complexity index is 783. The molecule has 0 aliphatic rings. The highest BCUT2D eigenvalue weighted by Crippen LogP contribution is 2.17. The molecule has 0 radical (unpaired) electrons. The summed E-state index contributed by atoms with van der Waals surface area (Å²) in [7, 11) is 0. The lowest BCUT2D eigenvalue weighted by Crippen LogP contribution is -2.14. The van der Waals surface area contributed by atoms with Crippen LogP contribution in [0, 0.1) is 0 Å². The molecule has 0 saturated carbocycles. The predicted octanol–water partition coefficient (Wildman–Crippen LogP) is 1.50. The normalized spacial score (nSPS) is 10.5. The second kappa shape index (κ2) is 4.41. The molecule has 6 heteroatoms. The molecule has 0 saturated heterocycles. The Morgan fingerprint density at radius 1 is 1.21 bits per heavy atom. The standard InChI is InChI=1S/C13H10N4O2/c18-12-4-2-9(6-14-12)13(19)16-10-3-1-8-7-15-17-11(8)5-10/h1-7H,(H,14,18)(H,15,17)(H,16,19). The highest BCUT2D eigenvalue weighted by Gasteiger charge is 2.06. The summed E-state index contributed by atoms with van der Waals surface area (Å²) in [6.07, 6.45) is 3.09. The van der Waals surface area contributed by atoms with E-state index in [0.29, 0.717) is 11.3 Å². The minimum absolute atomic E-state index is 0.240. The Labute approximate surface area is 107 Å². The van der Waals surface area contributed by atoms with Crippen molar-refractivity contribution in [2.24, 2.45) is 0 Å². The first-order chi connectivity index (χ1) is 9.22. The number of hydrogen-bond donors (Lipinski definition) is 3. The molecular formula is C13H10N4O2. The minimum Gasteiger partial charge on any atom is -0.328 e. The number of nitrogens with zero attached hydrogens (tertiary/aromatic N) is 1. The van der Waals surface area contributed by atoms with Crippen LogP contribution in [0.25, 0.3) is 10.9 Å². The Balaban J connectivity index is 1.85. The van der Waals surface area contributed by atoms with Crippen LogP contribution in [0.5, 0.6) is 0 Å². The van der Waals surface area contributed by atoms with Gasteiger partial charge in [0, 0.05) is 23.3 Å². The third-order valence-corrected chi connectivity index (χ3v) is 2.75. The quantitative estimate of drug-likeness (QED) is 0.647. The van der Waals surface area contributed by atoms with Gasteiger partial charge in [0.15, 0.2) is 0 Å². The van der Waals surface area contributed by atoms with Gasteiger partial charge >= 0.3 is 0 Å². The van der Waals surface area contributed by atoms with Gasteiger partial charge in [-0.1, -0.05) is 0 Å². The fourth-order valence-electron chi connectivity index (χ4n) is 1.77. The van der Waals surface area contributed by atoms with E-state index >= 15 is 0 Å². The zero-order valence-corrected chi connectivity index (χ0v) is 9.81. The lowest BCUT2D eigenvalue weighted by atomic mass is 10.2. The molecule has 0 bridgehead atoms. The van der Waals surface area contributed by atoms with Crippen molar-refractivity contribution in [3.63, 3.8) is 0 Å². The first-order valence-corrected chi connectivity index (χ1v) is 5.65. The number of hydrogen-bond acceptors (Lipinski definition) is 3. The molecule has 2 heterocycles. The predicted molar refractivity (Wildman–Crippen MR) is 71.1 cm³/mol. The summed E-state index contributed by atoms with van der Waals surface area (Å²) >= 11 is 0. The number of anilines is 1. The maximum Gasteiger partial charge on any atom is 0.257 e. The largest absolute Gasteiger partial charge is 0.328 e. The summed E-state index contributed by atoms with van der Waals surface area (Å²) in [6, 6.07) is 8.24. The van der Waals surface area contributed by atoms with Crippen LogP contribution < -0.4 is 10.9 Å². The number of aromatic amines is 2. The van der Waals surface area contributed by atoms with Crippen LogP contribution >= 0.6 is 0 Å². The van der Waals surface area contributed by atoms with E-state index in [1.54, 1.807) is 18.3 Å². The lowest BCUT2D eigenvalue weighted by Gasteiger charge is -2.04. The summed E-state index contributed by atoms with van der Waals surface area (Å²) in [5, 5.41) is 10.5. The number of nitrogens with one attached hydrogen (secondary N) is 3. The van der Waals surface area contributed by atoms with E-state index in [9.17, 15) is 9.59 Å². The number of fused-ring (bicyclic) bond motifs is 1. The van der Waals surface area contributed by atoms with Gasteiger partial charge < -0.3 is 10.3 Å². The monoisotopic (exact) mass is 254 g/mol. The summed E-state index contributed by atoms with van der Waals surface area (Å²) in [4.78, 5) is 25.3. The third kappa shape index (κ3) is 2.23. The molecule has 0 spiro atoms. The number of carbonyl (C=O) groups excluding carboxylic acids is 1. The van der Waals surface area contributed by atoms with Crippen LogP contribution in [0.2, 0.25) is 0 Å². The average molecular weight is 254 g/mol. The van der Waals surface area contributed by atoms with Crippen molar-refractivity contribution in [3.8, 4) is 0 Å². The molecule has 3 rings (SSSR count). The van der Waals surface area contributed by atoms with Crippen molar-refractivity contribution in [1.29, 1.82) is 0 Å². The maximum atomic E-state index is 11.9. The highest BCUT2D eigenvalue weighted by atomic mass is 16.1. The number of pyridine rings is 1. The van der Waals surface area contributed by atoms with Crippen molar-refractivity contribution in [2.75, 3.05) is 5.32 Å². The van der Waals surface area contributed by atoms with E-state index in [2.05, 4.69) is 20.5 Å². The van der Waals surface area contributed by atoms with E-state index in [1.165, 1.54) is 18.3 Å². The number of H-pyrrole nitrogens is 2. The molecule has 1 aromatic carbocycles. The zero-order chi connectivity index (χ0) is 13.2.